The largest absolute Gasteiger partial charge is 0.378 e. The van der Waals surface area contributed by atoms with Crippen LogP contribution in [0.15, 0.2) is 12.2 Å². The van der Waals surface area contributed by atoms with E-state index in [0.717, 1.165) is 24.4 Å². The first-order chi connectivity index (χ1) is 11.8. The molecule has 0 amide bonds. The molecule has 0 bridgehead atoms. The van der Waals surface area contributed by atoms with Gasteiger partial charge in [0.15, 0.2) is 0 Å². The molecule has 0 radical (unpaired) electrons. The molecule has 0 aromatic carbocycles. The van der Waals surface area contributed by atoms with Gasteiger partial charge in [-0.3, -0.25) is 0 Å². The van der Waals surface area contributed by atoms with E-state index in [9.17, 15) is 0 Å². The normalized spacial score (nSPS) is 31.6. The van der Waals surface area contributed by atoms with Crippen molar-refractivity contribution in [2.75, 3.05) is 6.61 Å². The van der Waals surface area contributed by atoms with Gasteiger partial charge in [0.1, 0.15) is 0 Å². The van der Waals surface area contributed by atoms with Crippen LogP contribution in [0.1, 0.15) is 104 Å². The standard InChI is InChI=1S/C23H42O/c1-3-5-7-8-10-20-11-13-21(14-12-20)22-15-17-23(18-16-22)24-19-9-6-4-2/h8,10,20-23H,3-7,9,11-19H2,1-2H3/b10-8+/t20-,21-,22?,23?. The second kappa shape index (κ2) is 12.1. The minimum absolute atomic E-state index is 0.580. The molecule has 0 atom stereocenters. The summed E-state index contributed by atoms with van der Waals surface area (Å²) >= 11 is 0. The molecule has 24 heavy (non-hydrogen) atoms. The van der Waals surface area contributed by atoms with Gasteiger partial charge in [-0.2, -0.15) is 0 Å². The van der Waals surface area contributed by atoms with Gasteiger partial charge in [-0.05, 0) is 82.0 Å². The van der Waals surface area contributed by atoms with Crippen molar-refractivity contribution in [2.45, 2.75) is 110 Å². The minimum atomic E-state index is 0.580. The number of hydrogen-bond acceptors (Lipinski definition) is 1. The van der Waals surface area contributed by atoms with Crippen LogP contribution in [0.25, 0.3) is 0 Å². The summed E-state index contributed by atoms with van der Waals surface area (Å²) < 4.78 is 6.09. The molecule has 2 saturated carbocycles. The monoisotopic (exact) mass is 334 g/mol. The molecule has 0 saturated heterocycles. The number of rotatable bonds is 10. The van der Waals surface area contributed by atoms with Crippen LogP contribution in [0.4, 0.5) is 0 Å². The number of unbranched alkanes of at least 4 members (excludes halogenated alkanes) is 4. The highest BCUT2D eigenvalue weighted by molar-refractivity contribution is 4.92. The van der Waals surface area contributed by atoms with Crippen molar-refractivity contribution in [3.05, 3.63) is 12.2 Å². The molecule has 0 heterocycles. The summed E-state index contributed by atoms with van der Waals surface area (Å²) in [7, 11) is 0. The predicted molar refractivity (Wildman–Crippen MR) is 105 cm³/mol. The summed E-state index contributed by atoms with van der Waals surface area (Å²) in [5.41, 5.74) is 0. The van der Waals surface area contributed by atoms with Gasteiger partial charge in [-0.1, -0.05) is 51.7 Å². The van der Waals surface area contributed by atoms with Gasteiger partial charge in [0.2, 0.25) is 0 Å². The molecule has 0 aliphatic heterocycles. The Kier molecular flexibility index (Phi) is 10.1. The van der Waals surface area contributed by atoms with Crippen molar-refractivity contribution in [1.29, 1.82) is 0 Å². The fourth-order valence-electron chi connectivity index (χ4n) is 4.75. The average molecular weight is 335 g/mol. The number of allylic oxidation sites excluding steroid dienone is 2. The summed E-state index contributed by atoms with van der Waals surface area (Å²) in [4.78, 5) is 0. The number of hydrogen-bond donors (Lipinski definition) is 0. The third-order valence-corrected chi connectivity index (χ3v) is 6.44. The lowest BCUT2D eigenvalue weighted by Gasteiger charge is -2.37. The van der Waals surface area contributed by atoms with E-state index in [1.807, 2.05) is 0 Å². The van der Waals surface area contributed by atoms with Crippen molar-refractivity contribution >= 4 is 0 Å². The molecule has 2 aliphatic carbocycles. The molecule has 0 aromatic rings. The molecule has 2 fully saturated rings. The first kappa shape index (κ1) is 20.0. The van der Waals surface area contributed by atoms with Crippen molar-refractivity contribution in [3.63, 3.8) is 0 Å². The average Bonchev–Trinajstić information content (AvgIpc) is 2.64. The molecule has 0 N–H and O–H groups in total. The Hall–Kier alpha value is -0.300. The first-order valence-electron chi connectivity index (χ1n) is 11.1. The maximum Gasteiger partial charge on any atom is 0.0575 e. The lowest BCUT2D eigenvalue weighted by atomic mass is 9.70. The van der Waals surface area contributed by atoms with Gasteiger partial charge in [-0.25, -0.2) is 0 Å². The molecule has 0 aromatic heterocycles. The molecule has 140 valence electrons. The highest BCUT2D eigenvalue weighted by Gasteiger charge is 2.30. The van der Waals surface area contributed by atoms with Crippen LogP contribution in [-0.2, 0) is 4.74 Å². The Morgan fingerprint density at radius 1 is 0.750 bits per heavy atom. The van der Waals surface area contributed by atoms with E-state index in [0.29, 0.717) is 6.10 Å². The van der Waals surface area contributed by atoms with Gasteiger partial charge in [0.05, 0.1) is 6.10 Å². The van der Waals surface area contributed by atoms with Crippen molar-refractivity contribution < 1.29 is 4.74 Å². The second-order valence-corrected chi connectivity index (χ2v) is 8.36. The fourth-order valence-corrected chi connectivity index (χ4v) is 4.75. The van der Waals surface area contributed by atoms with E-state index >= 15 is 0 Å². The summed E-state index contributed by atoms with van der Waals surface area (Å²) in [5, 5.41) is 0. The first-order valence-corrected chi connectivity index (χ1v) is 11.1. The molecular weight excluding hydrogens is 292 g/mol. The third-order valence-electron chi connectivity index (χ3n) is 6.44. The highest BCUT2D eigenvalue weighted by atomic mass is 16.5. The second-order valence-electron chi connectivity index (χ2n) is 8.36. The van der Waals surface area contributed by atoms with Crippen LogP contribution in [0.2, 0.25) is 0 Å². The predicted octanol–water partition coefficient (Wildman–Crippen LogP) is 7.30. The Labute approximate surface area is 151 Å². The number of ether oxygens (including phenoxy) is 1. The maximum absolute atomic E-state index is 6.09. The van der Waals surface area contributed by atoms with Crippen LogP contribution < -0.4 is 0 Å². The SMILES string of the molecule is CCCC/C=C/[C@H]1CC[C@H](C2CCC(OCCCCC)CC2)CC1. The van der Waals surface area contributed by atoms with Gasteiger partial charge >= 0.3 is 0 Å². The van der Waals surface area contributed by atoms with Crippen molar-refractivity contribution in [1.82, 2.24) is 0 Å². The van der Waals surface area contributed by atoms with Gasteiger partial charge in [-0.15, -0.1) is 0 Å². The quantitative estimate of drug-likeness (QED) is 0.301. The molecule has 1 nitrogen and oxygen atoms in total. The highest BCUT2D eigenvalue weighted by Crippen LogP contribution is 2.40. The van der Waals surface area contributed by atoms with Crippen LogP contribution in [0.5, 0.6) is 0 Å². The van der Waals surface area contributed by atoms with E-state index in [1.165, 1.54) is 89.9 Å². The minimum Gasteiger partial charge on any atom is -0.378 e. The van der Waals surface area contributed by atoms with E-state index in [-0.39, 0.29) is 0 Å². The molecule has 2 aliphatic rings. The van der Waals surface area contributed by atoms with Crippen LogP contribution >= 0.6 is 0 Å². The Bertz CT molecular complexity index is 319. The zero-order valence-electron chi connectivity index (χ0n) is 16.5. The van der Waals surface area contributed by atoms with Crippen LogP contribution in [0, 0.1) is 17.8 Å². The summed E-state index contributed by atoms with van der Waals surface area (Å²) in [6, 6.07) is 0. The van der Waals surface area contributed by atoms with Gasteiger partial charge in [0.25, 0.3) is 0 Å². The molecule has 0 unspecified atom stereocenters. The van der Waals surface area contributed by atoms with Crippen LogP contribution in [-0.4, -0.2) is 12.7 Å². The van der Waals surface area contributed by atoms with E-state index in [4.69, 9.17) is 4.74 Å². The summed E-state index contributed by atoms with van der Waals surface area (Å²) in [5.74, 6) is 2.91. The zero-order valence-corrected chi connectivity index (χ0v) is 16.5. The summed E-state index contributed by atoms with van der Waals surface area (Å²) in [6.07, 6.45) is 24.8. The Morgan fingerprint density at radius 3 is 2.00 bits per heavy atom. The maximum atomic E-state index is 6.09. The third kappa shape index (κ3) is 7.30. The molecule has 0 spiro atoms. The van der Waals surface area contributed by atoms with Gasteiger partial charge < -0.3 is 4.74 Å². The topological polar surface area (TPSA) is 9.23 Å². The Balaban J connectivity index is 1.57. The van der Waals surface area contributed by atoms with E-state index < -0.39 is 0 Å². The summed E-state index contributed by atoms with van der Waals surface area (Å²) in [6.45, 7) is 5.55. The van der Waals surface area contributed by atoms with E-state index in [2.05, 4.69) is 26.0 Å². The van der Waals surface area contributed by atoms with Crippen molar-refractivity contribution in [2.24, 2.45) is 17.8 Å². The molecule has 1 heteroatoms. The van der Waals surface area contributed by atoms with E-state index in [1.54, 1.807) is 0 Å². The lowest BCUT2D eigenvalue weighted by Crippen LogP contribution is -2.28. The van der Waals surface area contributed by atoms with Gasteiger partial charge in [0, 0.05) is 6.61 Å². The van der Waals surface area contributed by atoms with Crippen LogP contribution in [0.3, 0.4) is 0 Å². The fraction of sp³-hybridized carbons (Fsp3) is 0.913. The lowest BCUT2D eigenvalue weighted by molar-refractivity contribution is 0.00606. The molecular formula is C23H42O. The Morgan fingerprint density at radius 2 is 1.38 bits per heavy atom. The zero-order chi connectivity index (χ0) is 17.0. The molecule has 2 rings (SSSR count). The van der Waals surface area contributed by atoms with Crippen molar-refractivity contribution in [3.8, 4) is 0 Å². The smallest absolute Gasteiger partial charge is 0.0575 e.